The third-order valence-electron chi connectivity index (χ3n) is 1.84. The van der Waals surface area contributed by atoms with Crippen LogP contribution < -0.4 is 5.32 Å². The summed E-state index contributed by atoms with van der Waals surface area (Å²) in [5.41, 5.74) is 0. The second-order valence-corrected chi connectivity index (χ2v) is 2.38. The molecule has 1 heterocycles. The van der Waals surface area contributed by atoms with Gasteiger partial charge in [-0.15, -0.1) is 0 Å². The van der Waals surface area contributed by atoms with E-state index in [1.807, 2.05) is 12.1 Å². The Morgan fingerprint density at radius 1 is 1.67 bits per heavy atom. The van der Waals surface area contributed by atoms with Gasteiger partial charge in [0.15, 0.2) is 0 Å². The van der Waals surface area contributed by atoms with Crippen LogP contribution in [-0.2, 0) is 4.84 Å². The summed E-state index contributed by atoms with van der Waals surface area (Å²) in [6, 6.07) is 0.579. The fourth-order valence-corrected chi connectivity index (χ4v) is 1.10. The molecule has 0 amide bonds. The van der Waals surface area contributed by atoms with E-state index in [2.05, 4.69) is 5.32 Å². The molecule has 0 bridgehead atoms. The number of rotatable bonds is 2. The first kappa shape index (κ1) is 6.99. The Morgan fingerprint density at radius 3 is 2.89 bits per heavy atom. The van der Waals surface area contributed by atoms with Gasteiger partial charge >= 0.3 is 0 Å². The molecule has 0 aromatic heterocycles. The Bertz CT molecular complexity index is 81.1. The van der Waals surface area contributed by atoms with Gasteiger partial charge in [-0.3, -0.25) is 0 Å². The monoisotopic (exact) mass is 130 g/mol. The summed E-state index contributed by atoms with van der Waals surface area (Å²) < 4.78 is 0. The smallest absolute Gasteiger partial charge is 0.0575 e. The highest BCUT2D eigenvalue weighted by atomic mass is 16.7. The first-order valence-corrected chi connectivity index (χ1v) is 3.32. The summed E-state index contributed by atoms with van der Waals surface area (Å²) in [6.45, 7) is 2.18. The molecule has 9 heavy (non-hydrogen) atoms. The summed E-state index contributed by atoms with van der Waals surface area (Å²) in [5, 5.41) is 5.17. The molecule has 0 aromatic rings. The van der Waals surface area contributed by atoms with Crippen LogP contribution in [0.1, 0.15) is 6.42 Å². The van der Waals surface area contributed by atoms with Gasteiger partial charge in [0.05, 0.1) is 7.11 Å². The first-order valence-electron chi connectivity index (χ1n) is 3.32. The maximum absolute atomic E-state index is 5.03. The minimum atomic E-state index is 0.579. The van der Waals surface area contributed by atoms with Crippen molar-refractivity contribution in [2.75, 3.05) is 27.2 Å². The number of likely N-dealkylation sites (N-methyl/N-ethyl adjacent to an activating group) is 1. The zero-order valence-electron chi connectivity index (χ0n) is 6.05. The summed E-state index contributed by atoms with van der Waals surface area (Å²) >= 11 is 0. The second kappa shape index (κ2) is 3.15. The number of nitrogens with one attached hydrogen (secondary N) is 1. The molecular formula is C6H14N2O. The van der Waals surface area contributed by atoms with Crippen LogP contribution in [0.15, 0.2) is 0 Å². The van der Waals surface area contributed by atoms with E-state index in [1.165, 1.54) is 6.42 Å². The predicted octanol–water partition coefficient (Wildman–Crippen LogP) is -0.159. The van der Waals surface area contributed by atoms with Crippen LogP contribution >= 0.6 is 0 Å². The van der Waals surface area contributed by atoms with Crippen molar-refractivity contribution in [3.05, 3.63) is 0 Å². The lowest BCUT2D eigenvalue weighted by Crippen LogP contribution is -2.32. The summed E-state index contributed by atoms with van der Waals surface area (Å²) in [5.74, 6) is 0. The van der Waals surface area contributed by atoms with Gasteiger partial charge in [0.2, 0.25) is 0 Å². The fraction of sp³-hybridized carbons (Fsp3) is 1.00. The van der Waals surface area contributed by atoms with Gasteiger partial charge in [-0.2, -0.15) is 5.06 Å². The zero-order valence-corrected chi connectivity index (χ0v) is 6.05. The van der Waals surface area contributed by atoms with E-state index in [4.69, 9.17) is 4.84 Å². The van der Waals surface area contributed by atoms with Crippen LogP contribution in [0.4, 0.5) is 0 Å². The molecule has 0 radical (unpaired) electrons. The Morgan fingerprint density at radius 2 is 2.44 bits per heavy atom. The van der Waals surface area contributed by atoms with Gasteiger partial charge in [0, 0.05) is 19.6 Å². The van der Waals surface area contributed by atoms with Gasteiger partial charge in [-0.1, -0.05) is 0 Å². The molecule has 1 unspecified atom stereocenters. The topological polar surface area (TPSA) is 24.5 Å². The van der Waals surface area contributed by atoms with Crippen LogP contribution in [0.2, 0.25) is 0 Å². The number of nitrogens with zero attached hydrogens (tertiary/aromatic N) is 1. The maximum Gasteiger partial charge on any atom is 0.0575 e. The second-order valence-electron chi connectivity index (χ2n) is 2.38. The van der Waals surface area contributed by atoms with E-state index in [0.29, 0.717) is 6.04 Å². The molecule has 1 aliphatic rings. The fourth-order valence-electron chi connectivity index (χ4n) is 1.10. The minimum Gasteiger partial charge on any atom is -0.315 e. The molecule has 1 fully saturated rings. The van der Waals surface area contributed by atoms with Gasteiger partial charge < -0.3 is 10.2 Å². The molecule has 0 saturated carbocycles. The van der Waals surface area contributed by atoms with Crippen molar-refractivity contribution in [2.45, 2.75) is 12.5 Å². The average Bonchev–Trinajstić information content (AvgIpc) is 2.37. The van der Waals surface area contributed by atoms with Crippen LogP contribution in [0.5, 0.6) is 0 Å². The molecule has 1 atom stereocenters. The zero-order chi connectivity index (χ0) is 6.69. The molecular weight excluding hydrogens is 116 g/mol. The van der Waals surface area contributed by atoms with Crippen molar-refractivity contribution in [2.24, 2.45) is 0 Å². The molecule has 1 N–H and O–H groups in total. The summed E-state index contributed by atoms with van der Waals surface area (Å²) in [6.07, 6.45) is 1.20. The summed E-state index contributed by atoms with van der Waals surface area (Å²) in [4.78, 5) is 5.03. The molecule has 54 valence electrons. The molecule has 0 aliphatic carbocycles. The van der Waals surface area contributed by atoms with Crippen LogP contribution in [-0.4, -0.2) is 38.4 Å². The van der Waals surface area contributed by atoms with Crippen molar-refractivity contribution in [3.63, 3.8) is 0 Å². The average molecular weight is 130 g/mol. The quantitative estimate of drug-likeness (QED) is 0.526. The van der Waals surface area contributed by atoms with E-state index in [-0.39, 0.29) is 0 Å². The van der Waals surface area contributed by atoms with Gasteiger partial charge in [0.25, 0.3) is 0 Å². The number of hydrogen-bond acceptors (Lipinski definition) is 3. The molecule has 0 spiro atoms. The Labute approximate surface area is 55.9 Å². The molecule has 1 rings (SSSR count). The highest BCUT2D eigenvalue weighted by molar-refractivity contribution is 4.74. The third kappa shape index (κ3) is 1.64. The van der Waals surface area contributed by atoms with E-state index in [1.54, 1.807) is 7.11 Å². The number of hydroxylamine groups is 2. The summed E-state index contributed by atoms with van der Waals surface area (Å²) in [7, 11) is 3.68. The van der Waals surface area contributed by atoms with E-state index in [0.717, 1.165) is 13.1 Å². The molecule has 3 heteroatoms. The van der Waals surface area contributed by atoms with Crippen LogP contribution in [0.25, 0.3) is 0 Å². The highest BCUT2D eigenvalue weighted by Gasteiger charge is 2.18. The van der Waals surface area contributed by atoms with Crippen molar-refractivity contribution >= 4 is 0 Å². The Hall–Kier alpha value is -0.120. The molecule has 1 saturated heterocycles. The molecule has 0 aromatic carbocycles. The highest BCUT2D eigenvalue weighted by Crippen LogP contribution is 2.04. The van der Waals surface area contributed by atoms with E-state index in [9.17, 15) is 0 Å². The van der Waals surface area contributed by atoms with Crippen LogP contribution in [0.3, 0.4) is 0 Å². The number of hydrogen-bond donors (Lipinski definition) is 1. The predicted molar refractivity (Wildman–Crippen MR) is 36.0 cm³/mol. The maximum atomic E-state index is 5.03. The van der Waals surface area contributed by atoms with Gasteiger partial charge in [0.1, 0.15) is 0 Å². The van der Waals surface area contributed by atoms with E-state index >= 15 is 0 Å². The molecule has 3 nitrogen and oxygen atoms in total. The largest absolute Gasteiger partial charge is 0.315 e. The molecule has 1 aliphatic heterocycles. The Balaban J connectivity index is 2.24. The van der Waals surface area contributed by atoms with Crippen molar-refractivity contribution in [1.29, 1.82) is 0 Å². The van der Waals surface area contributed by atoms with Gasteiger partial charge in [-0.05, 0) is 13.0 Å². The van der Waals surface area contributed by atoms with Gasteiger partial charge in [-0.25, -0.2) is 0 Å². The Kier molecular flexibility index (Phi) is 2.45. The standard InChI is InChI=1S/C6H14N2O/c1-8(9-2)6-3-4-7-5-6/h6-7H,3-5H2,1-2H3. The van der Waals surface area contributed by atoms with Crippen molar-refractivity contribution in [3.8, 4) is 0 Å². The lowest BCUT2D eigenvalue weighted by molar-refractivity contribution is -0.135. The van der Waals surface area contributed by atoms with Crippen molar-refractivity contribution < 1.29 is 4.84 Å². The lowest BCUT2D eigenvalue weighted by atomic mass is 10.3. The minimum absolute atomic E-state index is 0.579. The normalized spacial score (nSPS) is 27.7. The first-order chi connectivity index (χ1) is 4.34. The SMILES string of the molecule is CON(C)C1CCNC1. The van der Waals surface area contributed by atoms with E-state index < -0.39 is 0 Å². The van der Waals surface area contributed by atoms with Crippen molar-refractivity contribution in [1.82, 2.24) is 10.4 Å². The lowest BCUT2D eigenvalue weighted by Gasteiger charge is -2.19. The third-order valence-corrected chi connectivity index (χ3v) is 1.84. The van der Waals surface area contributed by atoms with Crippen LogP contribution in [0, 0.1) is 0 Å².